The van der Waals surface area contributed by atoms with Crippen LogP contribution in [0.5, 0.6) is 0 Å². The molecule has 1 aliphatic carbocycles. The smallest absolute Gasteiger partial charge is 0.224 e. The number of aryl methyl sites for hydroxylation is 1. The Morgan fingerprint density at radius 1 is 1.38 bits per heavy atom. The average molecular weight is 220 g/mol. The van der Waals surface area contributed by atoms with E-state index in [2.05, 4.69) is 27.5 Å². The van der Waals surface area contributed by atoms with Crippen molar-refractivity contribution in [3.8, 4) is 0 Å². The molecule has 1 fully saturated rings. The molecule has 0 saturated heterocycles. The maximum atomic E-state index is 4.43. The van der Waals surface area contributed by atoms with Crippen LogP contribution in [0.4, 0.5) is 11.8 Å². The van der Waals surface area contributed by atoms with Gasteiger partial charge < -0.3 is 10.6 Å². The Kier molecular flexibility index (Phi) is 2.99. The van der Waals surface area contributed by atoms with E-state index in [9.17, 15) is 0 Å². The fourth-order valence-corrected chi connectivity index (χ4v) is 2.19. The first kappa shape index (κ1) is 11.2. The predicted molar refractivity (Wildman–Crippen MR) is 66.8 cm³/mol. The Balaban J connectivity index is 2.17. The molecule has 16 heavy (non-hydrogen) atoms. The highest BCUT2D eigenvalue weighted by atomic mass is 15.2. The van der Waals surface area contributed by atoms with Gasteiger partial charge >= 0.3 is 0 Å². The lowest BCUT2D eigenvalue weighted by Gasteiger charge is -2.42. The average Bonchev–Trinajstić information content (AvgIpc) is 2.22. The fourth-order valence-electron chi connectivity index (χ4n) is 2.19. The van der Waals surface area contributed by atoms with Crippen molar-refractivity contribution in [2.24, 2.45) is 0 Å². The summed E-state index contributed by atoms with van der Waals surface area (Å²) in [4.78, 5) is 8.72. The summed E-state index contributed by atoms with van der Waals surface area (Å²) in [6.07, 6.45) is 4.98. The minimum Gasteiger partial charge on any atom is -0.364 e. The van der Waals surface area contributed by atoms with Crippen LogP contribution >= 0.6 is 0 Å². The van der Waals surface area contributed by atoms with Gasteiger partial charge in [0.1, 0.15) is 5.82 Å². The molecule has 88 valence electrons. The van der Waals surface area contributed by atoms with Crippen LogP contribution in [-0.2, 0) is 0 Å². The number of rotatable bonds is 4. The zero-order valence-corrected chi connectivity index (χ0v) is 10.3. The lowest BCUT2D eigenvalue weighted by Crippen LogP contribution is -2.44. The first-order chi connectivity index (χ1) is 7.67. The van der Waals surface area contributed by atoms with Crippen LogP contribution in [-0.4, -0.2) is 22.6 Å². The summed E-state index contributed by atoms with van der Waals surface area (Å²) < 4.78 is 0. The second-order valence-electron chi connectivity index (χ2n) is 4.58. The summed E-state index contributed by atoms with van der Waals surface area (Å²) in [7, 11) is 1.84. The molecule has 0 spiro atoms. The molecule has 0 aliphatic heterocycles. The van der Waals surface area contributed by atoms with Crippen molar-refractivity contribution in [3.63, 3.8) is 0 Å². The Hall–Kier alpha value is -1.32. The fraction of sp³-hybridized carbons (Fsp3) is 0.667. The van der Waals surface area contributed by atoms with E-state index in [0.29, 0.717) is 5.95 Å². The van der Waals surface area contributed by atoms with Crippen LogP contribution in [0.25, 0.3) is 0 Å². The third kappa shape index (κ3) is 2.10. The number of nitrogens with zero attached hydrogens (tertiary/aromatic N) is 2. The summed E-state index contributed by atoms with van der Waals surface area (Å²) in [6, 6.07) is 2.01. The molecule has 0 amide bonds. The third-order valence-electron chi connectivity index (χ3n) is 3.46. The SMILES string of the molecule is CCC1(Nc2cc(C)nc(NC)n2)CCC1. The van der Waals surface area contributed by atoms with E-state index in [1.165, 1.54) is 19.3 Å². The van der Waals surface area contributed by atoms with Crippen LogP contribution in [0, 0.1) is 6.92 Å². The molecule has 4 heteroatoms. The molecule has 0 aromatic carbocycles. The van der Waals surface area contributed by atoms with Gasteiger partial charge in [-0.2, -0.15) is 4.98 Å². The van der Waals surface area contributed by atoms with Crippen LogP contribution in [0.1, 0.15) is 38.3 Å². The van der Waals surface area contributed by atoms with Crippen molar-refractivity contribution >= 4 is 11.8 Å². The zero-order valence-electron chi connectivity index (χ0n) is 10.3. The second kappa shape index (κ2) is 4.28. The molecule has 4 nitrogen and oxygen atoms in total. The van der Waals surface area contributed by atoms with Crippen molar-refractivity contribution in [1.29, 1.82) is 0 Å². The van der Waals surface area contributed by atoms with Gasteiger partial charge in [-0.1, -0.05) is 6.92 Å². The summed E-state index contributed by atoms with van der Waals surface area (Å²) in [5.74, 6) is 1.63. The lowest BCUT2D eigenvalue weighted by molar-refractivity contribution is 0.269. The number of aromatic nitrogens is 2. The number of nitrogens with one attached hydrogen (secondary N) is 2. The van der Waals surface area contributed by atoms with Crippen molar-refractivity contribution in [1.82, 2.24) is 9.97 Å². The van der Waals surface area contributed by atoms with E-state index in [-0.39, 0.29) is 5.54 Å². The van der Waals surface area contributed by atoms with Crippen molar-refractivity contribution in [2.75, 3.05) is 17.7 Å². The van der Waals surface area contributed by atoms with E-state index in [1.54, 1.807) is 0 Å². The topological polar surface area (TPSA) is 49.8 Å². The monoisotopic (exact) mass is 220 g/mol. The standard InChI is InChI=1S/C12H20N4/c1-4-12(6-5-7-12)16-10-8-9(2)14-11(13-3)15-10/h8H,4-7H2,1-3H3,(H2,13,14,15,16). The van der Waals surface area contributed by atoms with Gasteiger partial charge in [0.05, 0.1) is 0 Å². The Bertz CT molecular complexity index is 366. The molecule has 1 aromatic heterocycles. The molecule has 0 unspecified atom stereocenters. The summed E-state index contributed by atoms with van der Waals surface area (Å²) in [5, 5.41) is 6.55. The second-order valence-corrected chi connectivity index (χ2v) is 4.58. The maximum Gasteiger partial charge on any atom is 0.224 e. The molecule has 1 saturated carbocycles. The highest BCUT2D eigenvalue weighted by Crippen LogP contribution is 2.37. The van der Waals surface area contributed by atoms with E-state index in [4.69, 9.17) is 0 Å². The molecule has 2 rings (SSSR count). The van der Waals surface area contributed by atoms with Gasteiger partial charge in [0, 0.05) is 24.3 Å². The zero-order chi connectivity index (χ0) is 11.6. The molecular formula is C12H20N4. The van der Waals surface area contributed by atoms with Gasteiger partial charge in [-0.25, -0.2) is 4.98 Å². The largest absolute Gasteiger partial charge is 0.364 e. The summed E-state index contributed by atoms with van der Waals surface area (Å²) in [6.45, 7) is 4.23. The van der Waals surface area contributed by atoms with Gasteiger partial charge in [0.2, 0.25) is 5.95 Å². The third-order valence-corrected chi connectivity index (χ3v) is 3.46. The van der Waals surface area contributed by atoms with E-state index < -0.39 is 0 Å². The van der Waals surface area contributed by atoms with Crippen LogP contribution in [0.15, 0.2) is 6.07 Å². The highest BCUT2D eigenvalue weighted by molar-refractivity contribution is 5.44. The van der Waals surface area contributed by atoms with Crippen LogP contribution < -0.4 is 10.6 Å². The van der Waals surface area contributed by atoms with Gasteiger partial charge in [-0.05, 0) is 32.6 Å². The van der Waals surface area contributed by atoms with E-state index in [1.807, 2.05) is 20.0 Å². The lowest BCUT2D eigenvalue weighted by atomic mass is 9.75. The van der Waals surface area contributed by atoms with Crippen molar-refractivity contribution in [2.45, 2.75) is 45.1 Å². The first-order valence-corrected chi connectivity index (χ1v) is 5.99. The first-order valence-electron chi connectivity index (χ1n) is 5.99. The molecule has 1 aromatic rings. The Labute approximate surface area is 96.9 Å². The minimum atomic E-state index is 0.284. The molecule has 0 bridgehead atoms. The molecule has 1 aliphatic rings. The Morgan fingerprint density at radius 3 is 2.62 bits per heavy atom. The van der Waals surface area contributed by atoms with Gasteiger partial charge in [-0.15, -0.1) is 0 Å². The van der Waals surface area contributed by atoms with Crippen LogP contribution in [0.3, 0.4) is 0 Å². The number of hydrogen-bond donors (Lipinski definition) is 2. The quantitative estimate of drug-likeness (QED) is 0.818. The highest BCUT2D eigenvalue weighted by Gasteiger charge is 2.35. The number of hydrogen-bond acceptors (Lipinski definition) is 4. The minimum absolute atomic E-state index is 0.284. The van der Waals surface area contributed by atoms with Gasteiger partial charge in [0.15, 0.2) is 0 Å². The molecule has 0 radical (unpaired) electrons. The summed E-state index contributed by atoms with van der Waals surface area (Å²) >= 11 is 0. The Morgan fingerprint density at radius 2 is 2.12 bits per heavy atom. The summed E-state index contributed by atoms with van der Waals surface area (Å²) in [5.41, 5.74) is 1.28. The van der Waals surface area contributed by atoms with E-state index in [0.717, 1.165) is 17.9 Å². The van der Waals surface area contributed by atoms with Crippen LogP contribution in [0.2, 0.25) is 0 Å². The van der Waals surface area contributed by atoms with Crippen molar-refractivity contribution in [3.05, 3.63) is 11.8 Å². The van der Waals surface area contributed by atoms with Gasteiger partial charge in [0.25, 0.3) is 0 Å². The normalized spacial score (nSPS) is 17.7. The van der Waals surface area contributed by atoms with E-state index >= 15 is 0 Å². The molecule has 1 heterocycles. The van der Waals surface area contributed by atoms with Crippen molar-refractivity contribution < 1.29 is 0 Å². The molecular weight excluding hydrogens is 200 g/mol. The maximum absolute atomic E-state index is 4.43. The number of anilines is 2. The molecule has 0 atom stereocenters. The van der Waals surface area contributed by atoms with Gasteiger partial charge in [-0.3, -0.25) is 0 Å². The predicted octanol–water partition coefficient (Wildman–Crippen LogP) is 2.57. The molecule has 2 N–H and O–H groups in total.